The quantitative estimate of drug-likeness (QED) is 0.627. The molecule has 1 aromatic rings. The van der Waals surface area contributed by atoms with Gasteiger partial charge in [-0.05, 0) is 49.8 Å². The van der Waals surface area contributed by atoms with Gasteiger partial charge in [-0.2, -0.15) is 0 Å². The zero-order valence-corrected chi connectivity index (χ0v) is 9.72. The molecule has 0 bridgehead atoms. The Morgan fingerprint density at radius 1 is 1.36 bits per heavy atom. The lowest BCUT2D eigenvalue weighted by Crippen LogP contribution is -2.02. The summed E-state index contributed by atoms with van der Waals surface area (Å²) in [5, 5.41) is 0. The molecular formula is C14H20. The summed E-state index contributed by atoms with van der Waals surface area (Å²) in [6, 6.07) is 6.54. The number of allylic oxidation sites excluding steroid dienone is 1. The molecule has 0 N–H and O–H groups in total. The number of hydrogen-bond acceptors (Lipinski definition) is 0. The molecule has 0 heterocycles. The molecule has 0 nitrogen and oxygen atoms in total. The van der Waals surface area contributed by atoms with Crippen molar-refractivity contribution in [3.05, 3.63) is 47.0 Å². The number of hydrogen-bond donors (Lipinski definition) is 0. The lowest BCUT2D eigenvalue weighted by atomic mass is 9.91. The normalized spacial score (nSPS) is 12.6. The van der Waals surface area contributed by atoms with E-state index in [0.717, 1.165) is 6.42 Å². The Bertz CT molecular complexity index is 334. The van der Waals surface area contributed by atoms with Gasteiger partial charge < -0.3 is 0 Å². The van der Waals surface area contributed by atoms with E-state index in [1.165, 1.54) is 22.3 Å². The standard InChI is InChI=1S/C14H20/c1-10(2)12(4)9-14-8-6-7-11(3)13(14)5/h6-8,12H,1,9H2,2-5H3. The van der Waals surface area contributed by atoms with Crippen molar-refractivity contribution in [2.24, 2.45) is 5.92 Å². The largest absolute Gasteiger partial charge is 0.0999 e. The lowest BCUT2D eigenvalue weighted by Gasteiger charge is -2.14. The molecule has 0 radical (unpaired) electrons. The zero-order valence-electron chi connectivity index (χ0n) is 9.72. The molecule has 0 aromatic heterocycles. The van der Waals surface area contributed by atoms with Crippen molar-refractivity contribution >= 4 is 0 Å². The molecule has 0 aliphatic rings. The molecule has 1 unspecified atom stereocenters. The molecule has 0 heteroatoms. The molecule has 0 amide bonds. The SMILES string of the molecule is C=C(C)C(C)Cc1cccc(C)c1C. The Balaban J connectivity index is 2.87. The summed E-state index contributed by atoms with van der Waals surface area (Å²) in [4.78, 5) is 0. The Morgan fingerprint density at radius 3 is 2.57 bits per heavy atom. The van der Waals surface area contributed by atoms with E-state index in [9.17, 15) is 0 Å². The van der Waals surface area contributed by atoms with Crippen LogP contribution in [-0.4, -0.2) is 0 Å². The molecule has 0 saturated heterocycles. The van der Waals surface area contributed by atoms with Gasteiger partial charge >= 0.3 is 0 Å². The van der Waals surface area contributed by atoms with Gasteiger partial charge in [-0.25, -0.2) is 0 Å². The second-order valence-electron chi connectivity index (χ2n) is 4.31. The van der Waals surface area contributed by atoms with E-state index in [-0.39, 0.29) is 0 Å². The van der Waals surface area contributed by atoms with E-state index in [1.807, 2.05) is 0 Å². The first-order valence-corrected chi connectivity index (χ1v) is 5.23. The van der Waals surface area contributed by atoms with Gasteiger partial charge in [-0.1, -0.05) is 37.3 Å². The highest BCUT2D eigenvalue weighted by molar-refractivity contribution is 5.33. The van der Waals surface area contributed by atoms with E-state index < -0.39 is 0 Å². The first kappa shape index (κ1) is 11.0. The number of rotatable bonds is 3. The molecule has 0 fully saturated rings. The monoisotopic (exact) mass is 188 g/mol. The second kappa shape index (κ2) is 4.45. The molecule has 0 aliphatic carbocycles. The predicted molar refractivity (Wildman–Crippen MR) is 63.6 cm³/mol. The van der Waals surface area contributed by atoms with Crippen molar-refractivity contribution in [3.63, 3.8) is 0 Å². The van der Waals surface area contributed by atoms with Gasteiger partial charge in [0.05, 0.1) is 0 Å². The van der Waals surface area contributed by atoms with Crippen LogP contribution in [0.1, 0.15) is 30.5 Å². The van der Waals surface area contributed by atoms with Gasteiger partial charge in [-0.3, -0.25) is 0 Å². The number of benzene rings is 1. The van der Waals surface area contributed by atoms with Crippen LogP contribution >= 0.6 is 0 Å². The summed E-state index contributed by atoms with van der Waals surface area (Å²) in [5.41, 5.74) is 5.54. The van der Waals surface area contributed by atoms with Crippen LogP contribution in [0.4, 0.5) is 0 Å². The summed E-state index contributed by atoms with van der Waals surface area (Å²) in [5.74, 6) is 0.579. The summed E-state index contributed by atoms with van der Waals surface area (Å²) in [6.45, 7) is 12.7. The van der Waals surface area contributed by atoms with Crippen LogP contribution in [0.2, 0.25) is 0 Å². The fourth-order valence-corrected chi connectivity index (χ4v) is 1.54. The fraction of sp³-hybridized carbons (Fsp3) is 0.429. The first-order chi connectivity index (χ1) is 6.52. The van der Waals surface area contributed by atoms with Gasteiger partial charge in [0.2, 0.25) is 0 Å². The predicted octanol–water partition coefficient (Wildman–Crippen LogP) is 4.06. The highest BCUT2D eigenvalue weighted by Crippen LogP contribution is 2.19. The van der Waals surface area contributed by atoms with E-state index in [4.69, 9.17) is 0 Å². The molecule has 14 heavy (non-hydrogen) atoms. The summed E-state index contributed by atoms with van der Waals surface area (Å²) in [6.07, 6.45) is 1.11. The lowest BCUT2D eigenvalue weighted by molar-refractivity contribution is 0.677. The number of aryl methyl sites for hydroxylation is 1. The van der Waals surface area contributed by atoms with Crippen LogP contribution in [0.3, 0.4) is 0 Å². The summed E-state index contributed by atoms with van der Waals surface area (Å²) in [7, 11) is 0. The smallest absolute Gasteiger partial charge is 0.0197 e. The third kappa shape index (κ3) is 2.47. The van der Waals surface area contributed by atoms with Crippen molar-refractivity contribution in [2.45, 2.75) is 34.1 Å². The van der Waals surface area contributed by atoms with Crippen LogP contribution in [0.15, 0.2) is 30.4 Å². The summed E-state index contributed by atoms with van der Waals surface area (Å²) >= 11 is 0. The third-order valence-electron chi connectivity index (χ3n) is 3.08. The van der Waals surface area contributed by atoms with Gasteiger partial charge in [0.15, 0.2) is 0 Å². The van der Waals surface area contributed by atoms with Crippen LogP contribution < -0.4 is 0 Å². The first-order valence-electron chi connectivity index (χ1n) is 5.23. The molecular weight excluding hydrogens is 168 g/mol. The second-order valence-corrected chi connectivity index (χ2v) is 4.31. The van der Waals surface area contributed by atoms with Gasteiger partial charge in [0.1, 0.15) is 0 Å². The molecule has 76 valence electrons. The van der Waals surface area contributed by atoms with E-state index >= 15 is 0 Å². The van der Waals surface area contributed by atoms with Gasteiger partial charge in [0, 0.05) is 0 Å². The topological polar surface area (TPSA) is 0 Å². The average Bonchev–Trinajstić information content (AvgIpc) is 2.12. The molecule has 1 aromatic carbocycles. The van der Waals surface area contributed by atoms with E-state index in [1.54, 1.807) is 0 Å². The summed E-state index contributed by atoms with van der Waals surface area (Å²) < 4.78 is 0. The van der Waals surface area contributed by atoms with Crippen LogP contribution in [0, 0.1) is 19.8 Å². The Kier molecular flexibility index (Phi) is 3.51. The molecule has 1 atom stereocenters. The van der Waals surface area contributed by atoms with Gasteiger partial charge in [0.25, 0.3) is 0 Å². The van der Waals surface area contributed by atoms with Crippen molar-refractivity contribution in [3.8, 4) is 0 Å². The van der Waals surface area contributed by atoms with Gasteiger partial charge in [-0.15, -0.1) is 0 Å². The minimum atomic E-state index is 0.579. The highest BCUT2D eigenvalue weighted by atomic mass is 14.1. The Hall–Kier alpha value is -1.04. The third-order valence-corrected chi connectivity index (χ3v) is 3.08. The average molecular weight is 188 g/mol. The maximum Gasteiger partial charge on any atom is -0.0197 e. The van der Waals surface area contributed by atoms with Crippen molar-refractivity contribution in [1.29, 1.82) is 0 Å². The van der Waals surface area contributed by atoms with Crippen molar-refractivity contribution in [2.75, 3.05) is 0 Å². The molecule has 0 spiro atoms. The fourth-order valence-electron chi connectivity index (χ4n) is 1.54. The highest BCUT2D eigenvalue weighted by Gasteiger charge is 2.06. The minimum absolute atomic E-state index is 0.579. The van der Waals surface area contributed by atoms with Crippen LogP contribution in [0.25, 0.3) is 0 Å². The van der Waals surface area contributed by atoms with Crippen LogP contribution in [-0.2, 0) is 6.42 Å². The maximum absolute atomic E-state index is 4.00. The minimum Gasteiger partial charge on any atom is -0.0999 e. The molecule has 0 saturated carbocycles. The molecule has 1 rings (SSSR count). The maximum atomic E-state index is 4.00. The molecule has 0 aliphatic heterocycles. The van der Waals surface area contributed by atoms with E-state index in [0.29, 0.717) is 5.92 Å². The van der Waals surface area contributed by atoms with Crippen molar-refractivity contribution in [1.82, 2.24) is 0 Å². The zero-order chi connectivity index (χ0) is 10.7. The Labute approximate surface area is 87.7 Å². The van der Waals surface area contributed by atoms with Crippen molar-refractivity contribution < 1.29 is 0 Å². The van der Waals surface area contributed by atoms with E-state index in [2.05, 4.69) is 52.5 Å². The van der Waals surface area contributed by atoms with Crippen LogP contribution in [0.5, 0.6) is 0 Å². The Morgan fingerprint density at radius 2 is 2.00 bits per heavy atom.